The molecule has 0 N–H and O–H groups in total. The number of carbonyl (C=O) groups is 1. The summed E-state index contributed by atoms with van der Waals surface area (Å²) in [6.07, 6.45) is 4.57. The molecule has 0 spiro atoms. The van der Waals surface area contributed by atoms with Crippen LogP contribution in [0.3, 0.4) is 0 Å². The molecule has 2 rings (SSSR count). The summed E-state index contributed by atoms with van der Waals surface area (Å²) < 4.78 is 0. The molecule has 3 nitrogen and oxygen atoms in total. The number of nitrogens with zero attached hydrogens (tertiary/aromatic N) is 2. The van der Waals surface area contributed by atoms with Crippen LogP contribution in [0.4, 0.5) is 0 Å². The maximum Gasteiger partial charge on any atom is 0.257 e. The summed E-state index contributed by atoms with van der Waals surface area (Å²) in [5.41, 5.74) is 2.65. The number of halogens is 1. The van der Waals surface area contributed by atoms with Crippen molar-refractivity contribution in [3.05, 3.63) is 40.2 Å². The molecule has 4 heteroatoms. The van der Waals surface area contributed by atoms with Gasteiger partial charge in [-0.05, 0) is 26.3 Å². The first kappa shape index (κ1) is 12.1. The third kappa shape index (κ3) is 2.67. The van der Waals surface area contributed by atoms with E-state index in [4.69, 9.17) is 11.6 Å². The topological polar surface area (TPSA) is 33.2 Å². The third-order valence-electron chi connectivity index (χ3n) is 2.94. The summed E-state index contributed by atoms with van der Waals surface area (Å²) >= 11 is 6.07. The molecule has 1 aliphatic rings. The Hall–Kier alpha value is -1.35. The Bertz CT molecular complexity index is 482. The van der Waals surface area contributed by atoms with Crippen LogP contribution in [0.1, 0.15) is 29.4 Å². The Morgan fingerprint density at radius 2 is 2.24 bits per heavy atom. The largest absolute Gasteiger partial charge is 0.335 e. The van der Waals surface area contributed by atoms with E-state index in [1.807, 2.05) is 6.92 Å². The zero-order chi connectivity index (χ0) is 12.4. The molecule has 0 aromatic carbocycles. The van der Waals surface area contributed by atoms with E-state index in [1.54, 1.807) is 17.2 Å². The van der Waals surface area contributed by atoms with Crippen molar-refractivity contribution in [3.8, 4) is 0 Å². The van der Waals surface area contributed by atoms with Crippen LogP contribution in [-0.4, -0.2) is 28.9 Å². The highest BCUT2D eigenvalue weighted by molar-refractivity contribution is 6.33. The van der Waals surface area contributed by atoms with Crippen LogP contribution in [0, 0.1) is 6.92 Å². The second-order valence-electron chi connectivity index (χ2n) is 4.36. The van der Waals surface area contributed by atoms with Gasteiger partial charge in [0.25, 0.3) is 5.91 Å². The zero-order valence-corrected chi connectivity index (χ0v) is 10.8. The predicted octanol–water partition coefficient (Wildman–Crippen LogP) is 2.84. The molecule has 2 heterocycles. The molecule has 0 saturated heterocycles. The second-order valence-corrected chi connectivity index (χ2v) is 4.76. The van der Waals surface area contributed by atoms with Crippen molar-refractivity contribution >= 4 is 17.5 Å². The molecule has 1 aromatic rings. The summed E-state index contributed by atoms with van der Waals surface area (Å²) in [4.78, 5) is 18.1. The summed E-state index contributed by atoms with van der Waals surface area (Å²) in [5.74, 6) is -0.0359. The molecule has 1 aliphatic heterocycles. The van der Waals surface area contributed by atoms with Gasteiger partial charge in [0.1, 0.15) is 0 Å². The van der Waals surface area contributed by atoms with E-state index in [0.29, 0.717) is 17.1 Å². The molecule has 0 radical (unpaired) electrons. The Morgan fingerprint density at radius 3 is 2.82 bits per heavy atom. The first-order valence-corrected chi connectivity index (χ1v) is 6.03. The summed E-state index contributed by atoms with van der Waals surface area (Å²) in [6.45, 7) is 5.36. The lowest BCUT2D eigenvalue weighted by atomic mass is 10.1. The molecule has 0 fully saturated rings. The average Bonchev–Trinajstić information content (AvgIpc) is 2.29. The minimum absolute atomic E-state index is 0.0359. The van der Waals surface area contributed by atoms with Crippen LogP contribution in [-0.2, 0) is 0 Å². The molecule has 1 amide bonds. The van der Waals surface area contributed by atoms with Crippen molar-refractivity contribution in [3.63, 3.8) is 0 Å². The molecule has 0 aliphatic carbocycles. The highest BCUT2D eigenvalue weighted by atomic mass is 35.5. The van der Waals surface area contributed by atoms with Gasteiger partial charge in [-0.2, -0.15) is 0 Å². The molecule has 0 bridgehead atoms. The fraction of sp³-hybridized carbons (Fsp3) is 0.385. The van der Waals surface area contributed by atoms with Crippen LogP contribution >= 0.6 is 11.6 Å². The van der Waals surface area contributed by atoms with Crippen LogP contribution in [0.2, 0.25) is 5.02 Å². The molecular weight excluding hydrogens is 236 g/mol. The first-order chi connectivity index (χ1) is 8.08. The molecular formula is C13H15ClN2O. The molecule has 1 aromatic heterocycles. The van der Waals surface area contributed by atoms with E-state index < -0.39 is 0 Å². The fourth-order valence-electron chi connectivity index (χ4n) is 1.81. The number of hydrogen-bond donors (Lipinski definition) is 0. The van der Waals surface area contributed by atoms with E-state index in [9.17, 15) is 4.79 Å². The fourth-order valence-corrected chi connectivity index (χ4v) is 2.10. The van der Waals surface area contributed by atoms with Gasteiger partial charge in [-0.25, -0.2) is 0 Å². The molecule has 0 unspecified atom stereocenters. The highest BCUT2D eigenvalue weighted by Gasteiger charge is 2.20. The first-order valence-electron chi connectivity index (χ1n) is 5.65. The van der Waals surface area contributed by atoms with Crippen molar-refractivity contribution in [1.82, 2.24) is 9.88 Å². The molecule has 0 atom stereocenters. The maximum atomic E-state index is 12.2. The van der Waals surface area contributed by atoms with Gasteiger partial charge in [0.2, 0.25) is 0 Å². The van der Waals surface area contributed by atoms with Gasteiger partial charge in [-0.1, -0.05) is 23.3 Å². The smallest absolute Gasteiger partial charge is 0.257 e. The lowest BCUT2D eigenvalue weighted by Crippen LogP contribution is -2.34. The minimum atomic E-state index is -0.0359. The summed E-state index contributed by atoms with van der Waals surface area (Å²) in [6, 6.07) is 1.72. The Kier molecular flexibility index (Phi) is 3.48. The third-order valence-corrected chi connectivity index (χ3v) is 3.26. The Labute approximate surface area is 106 Å². The van der Waals surface area contributed by atoms with Crippen molar-refractivity contribution < 1.29 is 4.79 Å². The SMILES string of the molecule is CC1=CCN(C(=O)c2cnc(C)cc2Cl)CC1. The number of hydrogen-bond acceptors (Lipinski definition) is 2. The number of rotatable bonds is 1. The second kappa shape index (κ2) is 4.88. The monoisotopic (exact) mass is 250 g/mol. The number of aryl methyl sites for hydroxylation is 1. The summed E-state index contributed by atoms with van der Waals surface area (Å²) in [5, 5.41) is 0.480. The van der Waals surface area contributed by atoms with Crippen molar-refractivity contribution in [2.24, 2.45) is 0 Å². The molecule has 0 saturated carbocycles. The number of pyridine rings is 1. The number of amides is 1. The normalized spacial score (nSPS) is 15.7. The van der Waals surface area contributed by atoms with Gasteiger partial charge in [0.15, 0.2) is 0 Å². The van der Waals surface area contributed by atoms with Gasteiger partial charge in [-0.15, -0.1) is 0 Å². The van der Waals surface area contributed by atoms with Gasteiger partial charge in [0, 0.05) is 25.0 Å². The van der Waals surface area contributed by atoms with Gasteiger partial charge in [-0.3, -0.25) is 9.78 Å². The lowest BCUT2D eigenvalue weighted by Gasteiger charge is -2.25. The predicted molar refractivity (Wildman–Crippen MR) is 68.3 cm³/mol. The van der Waals surface area contributed by atoms with Crippen LogP contribution < -0.4 is 0 Å². The van der Waals surface area contributed by atoms with Gasteiger partial charge < -0.3 is 4.90 Å². The highest BCUT2D eigenvalue weighted by Crippen LogP contribution is 2.19. The summed E-state index contributed by atoms with van der Waals surface area (Å²) in [7, 11) is 0. The maximum absolute atomic E-state index is 12.2. The van der Waals surface area contributed by atoms with E-state index in [-0.39, 0.29) is 5.91 Å². The number of aromatic nitrogens is 1. The van der Waals surface area contributed by atoms with E-state index in [2.05, 4.69) is 18.0 Å². The van der Waals surface area contributed by atoms with E-state index >= 15 is 0 Å². The Morgan fingerprint density at radius 1 is 1.47 bits per heavy atom. The molecule has 90 valence electrons. The van der Waals surface area contributed by atoms with Crippen molar-refractivity contribution in [2.75, 3.05) is 13.1 Å². The van der Waals surface area contributed by atoms with E-state index in [0.717, 1.165) is 18.7 Å². The average molecular weight is 251 g/mol. The minimum Gasteiger partial charge on any atom is -0.335 e. The molecule has 17 heavy (non-hydrogen) atoms. The lowest BCUT2D eigenvalue weighted by molar-refractivity contribution is 0.0769. The van der Waals surface area contributed by atoms with E-state index in [1.165, 1.54) is 5.57 Å². The number of carbonyl (C=O) groups excluding carboxylic acids is 1. The zero-order valence-electron chi connectivity index (χ0n) is 10.0. The Balaban J connectivity index is 2.20. The quantitative estimate of drug-likeness (QED) is 0.718. The van der Waals surface area contributed by atoms with Crippen LogP contribution in [0.15, 0.2) is 23.9 Å². The van der Waals surface area contributed by atoms with Gasteiger partial charge >= 0.3 is 0 Å². The van der Waals surface area contributed by atoms with Crippen LogP contribution in [0.5, 0.6) is 0 Å². The van der Waals surface area contributed by atoms with Crippen LogP contribution in [0.25, 0.3) is 0 Å². The van der Waals surface area contributed by atoms with Gasteiger partial charge in [0.05, 0.1) is 10.6 Å². The standard InChI is InChI=1S/C13H15ClN2O/c1-9-3-5-16(6-4-9)13(17)11-8-15-10(2)7-12(11)14/h3,7-8H,4-6H2,1-2H3. The van der Waals surface area contributed by atoms with Crippen molar-refractivity contribution in [2.45, 2.75) is 20.3 Å². The van der Waals surface area contributed by atoms with Crippen molar-refractivity contribution in [1.29, 1.82) is 0 Å².